The lowest BCUT2D eigenvalue weighted by Crippen LogP contribution is -2.70. The largest absolute Gasteiger partial charge is 0.460 e. The maximum absolute atomic E-state index is 12.6. The first-order valence-corrected chi connectivity index (χ1v) is 4.33. The summed E-state index contributed by atoms with van der Waals surface area (Å²) >= 11 is 0. The van der Waals surface area contributed by atoms with Gasteiger partial charge in [0.25, 0.3) is 0 Å². The van der Waals surface area contributed by atoms with E-state index in [1.54, 1.807) is 0 Å². The van der Waals surface area contributed by atoms with E-state index in [1.807, 2.05) is 0 Å². The fourth-order valence-corrected chi connectivity index (χ4v) is 0.888. The highest BCUT2D eigenvalue weighted by molar-refractivity contribution is 5.13. The number of hydrogen-bond acceptors (Lipinski definition) is 0. The Bertz CT molecular complexity index is 401. The number of hydrogen-bond donors (Lipinski definition) is 0. The van der Waals surface area contributed by atoms with Gasteiger partial charge in [0.1, 0.15) is 0 Å². The van der Waals surface area contributed by atoms with Gasteiger partial charge >= 0.3 is 42.2 Å². The Morgan fingerprint density at radius 1 is 0.409 bits per heavy atom. The molecule has 15 heteroatoms. The van der Waals surface area contributed by atoms with Crippen molar-refractivity contribution in [2.45, 2.75) is 35.8 Å². The summed E-state index contributed by atoms with van der Waals surface area (Å²) in [6.45, 7) is 0. The highest BCUT2D eigenvalue weighted by Crippen LogP contribution is 2.61. The summed E-state index contributed by atoms with van der Waals surface area (Å²) < 4.78 is 181. The average Bonchev–Trinajstić information content (AvgIpc) is 2.25. The zero-order valence-corrected chi connectivity index (χ0v) is 9.17. The Morgan fingerprint density at radius 2 is 0.682 bits per heavy atom. The highest BCUT2D eigenvalue weighted by atomic mass is 19.4. The highest BCUT2D eigenvalue weighted by Gasteiger charge is 2.92. The van der Waals surface area contributed by atoms with Crippen LogP contribution in [0.3, 0.4) is 0 Å². The van der Waals surface area contributed by atoms with Crippen molar-refractivity contribution in [3.8, 4) is 0 Å². The molecule has 0 heterocycles. The quantitative estimate of drug-likeness (QED) is 0.588. The van der Waals surface area contributed by atoms with Gasteiger partial charge in [-0.05, 0) is 0 Å². The fourth-order valence-electron chi connectivity index (χ4n) is 0.888. The van der Waals surface area contributed by atoms with E-state index in [9.17, 15) is 65.9 Å². The van der Waals surface area contributed by atoms with Crippen LogP contribution >= 0.6 is 0 Å². The van der Waals surface area contributed by atoms with E-state index >= 15 is 0 Å². The molecule has 0 saturated heterocycles. The van der Waals surface area contributed by atoms with E-state index < -0.39 is 42.2 Å². The molecule has 0 unspecified atom stereocenters. The first-order valence-electron chi connectivity index (χ1n) is 4.33. The fraction of sp³-hybridized carbons (Fsp3) is 0.857. The zero-order chi connectivity index (χ0) is 18.6. The van der Waals surface area contributed by atoms with Crippen molar-refractivity contribution in [2.75, 3.05) is 0 Å². The SMILES string of the molecule is F[C](F)C(F)(F)C(F)(F)C(F)(F)C(F)(F)C(F)(F)C(F)(F)F. The summed E-state index contributed by atoms with van der Waals surface area (Å²) in [6, 6.07) is 0. The van der Waals surface area contributed by atoms with Crippen LogP contribution in [0.15, 0.2) is 0 Å². The van der Waals surface area contributed by atoms with Gasteiger partial charge in [0, 0.05) is 0 Å². The van der Waals surface area contributed by atoms with Crippen molar-refractivity contribution >= 4 is 0 Å². The molecule has 0 saturated carbocycles. The van der Waals surface area contributed by atoms with Crippen molar-refractivity contribution in [1.29, 1.82) is 0 Å². The summed E-state index contributed by atoms with van der Waals surface area (Å²) in [6.07, 6.45) is -12.5. The smallest absolute Gasteiger partial charge is 0.192 e. The number of alkyl halides is 13. The van der Waals surface area contributed by atoms with Gasteiger partial charge in [0.05, 0.1) is 0 Å². The second kappa shape index (κ2) is 4.97. The van der Waals surface area contributed by atoms with Gasteiger partial charge in [-0.1, -0.05) is 0 Å². The van der Waals surface area contributed by atoms with E-state index in [0.717, 1.165) is 0 Å². The van der Waals surface area contributed by atoms with Gasteiger partial charge in [-0.2, -0.15) is 65.9 Å². The second-order valence-corrected chi connectivity index (χ2v) is 3.63. The summed E-state index contributed by atoms with van der Waals surface area (Å²) in [5, 5.41) is 0. The van der Waals surface area contributed by atoms with Crippen molar-refractivity contribution in [3.63, 3.8) is 0 Å². The molecule has 0 nitrogen and oxygen atoms in total. The van der Waals surface area contributed by atoms with Gasteiger partial charge < -0.3 is 0 Å². The van der Waals surface area contributed by atoms with E-state index in [0.29, 0.717) is 0 Å². The first kappa shape index (κ1) is 20.9. The van der Waals surface area contributed by atoms with E-state index in [4.69, 9.17) is 0 Å². The van der Waals surface area contributed by atoms with Gasteiger partial charge in [-0.25, -0.2) is 0 Å². The normalized spacial score (nSPS) is 16.4. The maximum atomic E-state index is 12.6. The lowest BCUT2D eigenvalue weighted by molar-refractivity contribution is -0.441. The summed E-state index contributed by atoms with van der Waals surface area (Å²) in [7, 11) is 0. The van der Waals surface area contributed by atoms with Crippen LogP contribution in [0.1, 0.15) is 0 Å². The monoisotopic (exact) mass is 369 g/mol. The minimum Gasteiger partial charge on any atom is -0.192 e. The van der Waals surface area contributed by atoms with Crippen molar-refractivity contribution in [2.24, 2.45) is 0 Å². The molecule has 0 aliphatic heterocycles. The molecular formula is C7F15. The molecule has 133 valence electrons. The van der Waals surface area contributed by atoms with E-state index in [1.165, 1.54) is 0 Å². The van der Waals surface area contributed by atoms with E-state index in [2.05, 4.69) is 0 Å². The molecule has 0 atom stereocenters. The van der Waals surface area contributed by atoms with Crippen molar-refractivity contribution in [1.82, 2.24) is 0 Å². The van der Waals surface area contributed by atoms with Crippen LogP contribution in [-0.4, -0.2) is 35.8 Å². The van der Waals surface area contributed by atoms with Crippen LogP contribution in [0.25, 0.3) is 0 Å². The Balaban J connectivity index is 6.24. The molecule has 0 rings (SSSR count). The third kappa shape index (κ3) is 2.45. The third-order valence-electron chi connectivity index (χ3n) is 2.17. The molecular weight excluding hydrogens is 369 g/mol. The van der Waals surface area contributed by atoms with Crippen molar-refractivity contribution < 1.29 is 65.9 Å². The van der Waals surface area contributed by atoms with Gasteiger partial charge in [-0.3, -0.25) is 0 Å². The number of halogens is 15. The van der Waals surface area contributed by atoms with Gasteiger partial charge in [0.2, 0.25) is 0 Å². The van der Waals surface area contributed by atoms with Crippen LogP contribution in [0.5, 0.6) is 0 Å². The molecule has 1 radical (unpaired) electrons. The molecule has 0 fully saturated rings. The Hall–Kier alpha value is -1.05. The molecule has 0 aliphatic rings. The van der Waals surface area contributed by atoms with Crippen LogP contribution in [0, 0.1) is 6.43 Å². The number of rotatable bonds is 5. The zero-order valence-electron chi connectivity index (χ0n) is 9.17. The molecule has 0 aliphatic carbocycles. The molecule has 0 aromatic rings. The Labute approximate surface area is 109 Å². The van der Waals surface area contributed by atoms with Crippen LogP contribution < -0.4 is 0 Å². The van der Waals surface area contributed by atoms with Crippen LogP contribution in [0.4, 0.5) is 65.9 Å². The topological polar surface area (TPSA) is 0 Å². The van der Waals surface area contributed by atoms with Crippen molar-refractivity contribution in [3.05, 3.63) is 6.43 Å². The molecule has 0 spiro atoms. The standard InChI is InChI=1S/C7F15/c8-1(9)2(10,11)3(12,13)4(14,15)5(16,17)6(18,19)7(20,21)22. The second-order valence-electron chi connectivity index (χ2n) is 3.63. The third-order valence-corrected chi connectivity index (χ3v) is 2.17. The molecule has 0 amide bonds. The predicted molar refractivity (Wildman–Crippen MR) is 36.2 cm³/mol. The average molecular weight is 369 g/mol. The van der Waals surface area contributed by atoms with Crippen LogP contribution in [0.2, 0.25) is 0 Å². The molecule has 22 heavy (non-hydrogen) atoms. The summed E-state index contributed by atoms with van der Waals surface area (Å²) in [5.74, 6) is -39.6. The van der Waals surface area contributed by atoms with Gasteiger partial charge in [0.15, 0.2) is 0 Å². The van der Waals surface area contributed by atoms with E-state index in [-0.39, 0.29) is 0 Å². The minimum absolute atomic E-state index is 4.90. The first-order chi connectivity index (χ1) is 9.19. The van der Waals surface area contributed by atoms with Crippen LogP contribution in [-0.2, 0) is 0 Å². The molecule has 0 aromatic carbocycles. The van der Waals surface area contributed by atoms with Gasteiger partial charge in [-0.15, -0.1) is 0 Å². The maximum Gasteiger partial charge on any atom is 0.460 e. The molecule has 0 aromatic heterocycles. The lowest BCUT2D eigenvalue weighted by Gasteiger charge is -2.39. The Kier molecular flexibility index (Phi) is 4.74. The minimum atomic E-state index is -8.19. The predicted octanol–water partition coefficient (Wildman–Crippen LogP) is 5.15. The summed E-state index contributed by atoms with van der Waals surface area (Å²) in [5.41, 5.74) is 0. The Morgan fingerprint density at radius 3 is 0.909 bits per heavy atom. The molecule has 0 N–H and O–H groups in total. The summed E-state index contributed by atoms with van der Waals surface area (Å²) in [4.78, 5) is 0. The lowest BCUT2D eigenvalue weighted by atomic mass is 9.94. The molecule has 0 bridgehead atoms.